The minimum Gasteiger partial charge on any atom is -0.456 e. The van der Waals surface area contributed by atoms with Crippen molar-refractivity contribution < 1.29 is 4.42 Å². The molecule has 1 unspecified atom stereocenters. The van der Waals surface area contributed by atoms with Crippen molar-refractivity contribution >= 4 is 71.2 Å². The van der Waals surface area contributed by atoms with Crippen molar-refractivity contribution in [3.63, 3.8) is 0 Å². The van der Waals surface area contributed by atoms with Crippen molar-refractivity contribution in [3.05, 3.63) is 182 Å². The van der Waals surface area contributed by atoms with Crippen LogP contribution in [0.2, 0.25) is 0 Å². The third-order valence-electron chi connectivity index (χ3n) is 10.9. The Hall–Kier alpha value is -6.58. The van der Waals surface area contributed by atoms with E-state index >= 15 is 0 Å². The second kappa shape index (κ2) is 11.0. The van der Waals surface area contributed by atoms with Crippen molar-refractivity contribution in [3.8, 4) is 16.8 Å². The molecule has 0 saturated heterocycles. The second-order valence-electron chi connectivity index (χ2n) is 13.7. The van der Waals surface area contributed by atoms with Gasteiger partial charge in [-0.2, -0.15) is 0 Å². The first-order chi connectivity index (χ1) is 25.3. The summed E-state index contributed by atoms with van der Waals surface area (Å²) < 4.78 is 11.4. The van der Waals surface area contributed by atoms with E-state index in [1.807, 2.05) is 0 Å². The van der Waals surface area contributed by atoms with Gasteiger partial charge in [0.05, 0.1) is 22.1 Å². The number of para-hydroxylation sites is 2. The molecule has 11 rings (SSSR count). The van der Waals surface area contributed by atoms with E-state index in [4.69, 9.17) is 4.42 Å². The second-order valence-corrected chi connectivity index (χ2v) is 13.7. The van der Waals surface area contributed by atoms with Crippen LogP contribution >= 0.6 is 0 Å². The molecule has 3 aromatic heterocycles. The first-order valence-electron chi connectivity index (χ1n) is 17.7. The maximum Gasteiger partial charge on any atom is 0.136 e. The minimum absolute atomic E-state index is 0.337. The van der Waals surface area contributed by atoms with Gasteiger partial charge in [-0.1, -0.05) is 121 Å². The Bertz CT molecular complexity index is 3040. The lowest BCUT2D eigenvalue weighted by Gasteiger charge is -2.21. The molecule has 3 heteroatoms. The number of fused-ring (bicyclic) bond motifs is 9. The largest absolute Gasteiger partial charge is 0.456 e. The van der Waals surface area contributed by atoms with Crippen LogP contribution in [0, 0.1) is 0 Å². The fraction of sp³-hybridized carbons (Fsp3) is 0.0417. The molecule has 1 aliphatic carbocycles. The molecule has 3 heterocycles. The molecule has 0 fully saturated rings. The van der Waals surface area contributed by atoms with E-state index in [9.17, 15) is 0 Å². The maximum atomic E-state index is 6.44. The number of hydrogen-bond acceptors (Lipinski definition) is 1. The van der Waals surface area contributed by atoms with Crippen LogP contribution in [0.3, 0.4) is 0 Å². The van der Waals surface area contributed by atoms with Gasteiger partial charge in [0.1, 0.15) is 11.2 Å². The lowest BCUT2D eigenvalue weighted by Crippen LogP contribution is -2.05. The fourth-order valence-corrected chi connectivity index (χ4v) is 8.59. The topological polar surface area (TPSA) is 23.0 Å². The Balaban J connectivity index is 1.16. The van der Waals surface area contributed by atoms with Crippen LogP contribution in [0.15, 0.2) is 180 Å². The summed E-state index contributed by atoms with van der Waals surface area (Å²) in [5.41, 5.74) is 12.8. The van der Waals surface area contributed by atoms with Crippen molar-refractivity contribution in [2.45, 2.75) is 12.3 Å². The van der Waals surface area contributed by atoms with Gasteiger partial charge in [-0.3, -0.25) is 0 Å². The monoisotopic (exact) mass is 652 g/mol. The zero-order valence-corrected chi connectivity index (χ0v) is 27.8. The number of rotatable bonds is 4. The van der Waals surface area contributed by atoms with E-state index in [0.29, 0.717) is 5.92 Å². The number of furan rings is 1. The summed E-state index contributed by atoms with van der Waals surface area (Å²) in [6.45, 7) is 0. The average molecular weight is 653 g/mol. The molecule has 10 aromatic rings. The highest BCUT2D eigenvalue weighted by molar-refractivity contribution is 6.20. The average Bonchev–Trinajstić information content (AvgIpc) is 3.85. The Morgan fingerprint density at radius 2 is 1.16 bits per heavy atom. The molecule has 240 valence electrons. The third kappa shape index (κ3) is 4.25. The van der Waals surface area contributed by atoms with Gasteiger partial charge in [0.15, 0.2) is 0 Å². The highest BCUT2D eigenvalue weighted by atomic mass is 16.3. The van der Waals surface area contributed by atoms with Crippen molar-refractivity contribution in [2.24, 2.45) is 0 Å². The van der Waals surface area contributed by atoms with Gasteiger partial charge in [0.25, 0.3) is 0 Å². The lowest BCUT2D eigenvalue weighted by molar-refractivity contribution is 0.669. The molecule has 0 aliphatic heterocycles. The number of allylic oxidation sites excluding steroid dienone is 4. The van der Waals surface area contributed by atoms with E-state index in [2.05, 4.69) is 185 Å². The SMILES string of the molecule is C1=CC(c2ccccc2)CC(n2c3ccccc3c3cc4c(cc32)c2ccccc2n4-c2ccc3oc4cccc(-c5ccccc5)c4c3c2)=C1. The molecule has 1 aliphatic rings. The van der Waals surface area contributed by atoms with Gasteiger partial charge in [-0.05, 0) is 77.7 Å². The Kier molecular flexibility index (Phi) is 6.08. The minimum atomic E-state index is 0.337. The third-order valence-corrected chi connectivity index (χ3v) is 10.9. The summed E-state index contributed by atoms with van der Waals surface area (Å²) in [6.07, 6.45) is 7.81. The standard InChI is InChI=1S/C48H32N2O/c1-3-13-31(14-4-1)33-17-11-18-34(27-33)49-42-22-9-7-19-37(42)39-30-45-40(29-44(39)49)38-20-8-10-23-43(38)50(45)35-25-26-46-41(28-35)48-36(21-12-24-47(48)51-46)32-15-5-2-6-16-32/h1-26,28-30,33H,27H2. The van der Waals surface area contributed by atoms with Crippen LogP contribution in [0.4, 0.5) is 0 Å². The smallest absolute Gasteiger partial charge is 0.136 e. The van der Waals surface area contributed by atoms with E-state index in [1.165, 1.54) is 66.0 Å². The zero-order chi connectivity index (χ0) is 33.5. The highest BCUT2D eigenvalue weighted by Gasteiger charge is 2.22. The van der Waals surface area contributed by atoms with Crippen LogP contribution in [0.25, 0.3) is 88.1 Å². The summed E-state index contributed by atoms with van der Waals surface area (Å²) in [4.78, 5) is 0. The van der Waals surface area contributed by atoms with E-state index in [0.717, 1.165) is 34.0 Å². The van der Waals surface area contributed by atoms with Crippen molar-refractivity contribution in [2.75, 3.05) is 0 Å². The molecule has 51 heavy (non-hydrogen) atoms. The van der Waals surface area contributed by atoms with E-state index in [1.54, 1.807) is 0 Å². The zero-order valence-electron chi connectivity index (χ0n) is 27.8. The molecule has 0 saturated carbocycles. The van der Waals surface area contributed by atoms with E-state index in [-0.39, 0.29) is 0 Å². The predicted molar refractivity (Wildman–Crippen MR) is 214 cm³/mol. The van der Waals surface area contributed by atoms with Gasteiger partial charge in [0.2, 0.25) is 0 Å². The molecule has 0 N–H and O–H groups in total. The lowest BCUT2D eigenvalue weighted by atomic mass is 9.91. The first kappa shape index (κ1) is 28.3. The highest BCUT2D eigenvalue weighted by Crippen LogP contribution is 2.43. The van der Waals surface area contributed by atoms with Gasteiger partial charge in [0, 0.05) is 49.6 Å². The Labute approximate surface area is 294 Å². The van der Waals surface area contributed by atoms with Gasteiger partial charge in [-0.15, -0.1) is 0 Å². The molecule has 0 radical (unpaired) electrons. The molecular weight excluding hydrogens is 621 g/mol. The molecule has 7 aromatic carbocycles. The van der Waals surface area contributed by atoms with Crippen molar-refractivity contribution in [1.82, 2.24) is 9.13 Å². The maximum absolute atomic E-state index is 6.44. The Morgan fingerprint density at radius 3 is 1.92 bits per heavy atom. The van der Waals surface area contributed by atoms with Crippen LogP contribution in [-0.2, 0) is 0 Å². The molecule has 0 amide bonds. The quantitative estimate of drug-likeness (QED) is 0.186. The summed E-state index contributed by atoms with van der Waals surface area (Å²) in [5, 5.41) is 7.28. The molecule has 3 nitrogen and oxygen atoms in total. The summed E-state index contributed by atoms with van der Waals surface area (Å²) in [6, 6.07) is 57.0. The van der Waals surface area contributed by atoms with Crippen molar-refractivity contribution in [1.29, 1.82) is 0 Å². The number of nitrogens with zero attached hydrogens (tertiary/aromatic N) is 2. The van der Waals surface area contributed by atoms with E-state index < -0.39 is 0 Å². The Morgan fingerprint density at radius 1 is 0.490 bits per heavy atom. The van der Waals surface area contributed by atoms with Crippen LogP contribution in [0.5, 0.6) is 0 Å². The number of benzene rings is 7. The molecule has 1 atom stereocenters. The summed E-state index contributed by atoms with van der Waals surface area (Å²) in [5.74, 6) is 0.337. The van der Waals surface area contributed by atoms with Gasteiger partial charge in [-0.25, -0.2) is 0 Å². The number of aromatic nitrogens is 2. The molecule has 0 spiro atoms. The summed E-state index contributed by atoms with van der Waals surface area (Å²) >= 11 is 0. The fourth-order valence-electron chi connectivity index (χ4n) is 8.59. The van der Waals surface area contributed by atoms with Gasteiger partial charge < -0.3 is 13.6 Å². The van der Waals surface area contributed by atoms with Crippen LogP contribution in [0.1, 0.15) is 17.9 Å². The number of hydrogen-bond donors (Lipinski definition) is 0. The normalized spacial score (nSPS) is 14.8. The first-order valence-corrected chi connectivity index (χ1v) is 17.7. The molecule has 0 bridgehead atoms. The van der Waals surface area contributed by atoms with Crippen LogP contribution < -0.4 is 0 Å². The predicted octanol–water partition coefficient (Wildman–Crippen LogP) is 13.0. The van der Waals surface area contributed by atoms with Gasteiger partial charge >= 0.3 is 0 Å². The summed E-state index contributed by atoms with van der Waals surface area (Å²) in [7, 11) is 0. The van der Waals surface area contributed by atoms with Crippen LogP contribution in [-0.4, -0.2) is 9.13 Å². The molecular formula is C48H32N2O.